The number of benzene rings is 1. The van der Waals surface area contributed by atoms with Crippen molar-refractivity contribution in [2.24, 2.45) is 11.8 Å². The first-order chi connectivity index (χ1) is 7.61. The van der Waals surface area contributed by atoms with E-state index in [0.29, 0.717) is 11.8 Å². The summed E-state index contributed by atoms with van der Waals surface area (Å²) in [4.78, 5) is 1.34. The molecule has 0 unspecified atom stereocenters. The highest BCUT2D eigenvalue weighted by molar-refractivity contribution is 7.97. The lowest BCUT2D eigenvalue weighted by Gasteiger charge is -2.28. The summed E-state index contributed by atoms with van der Waals surface area (Å²) in [5, 5.41) is 0. The number of rotatable bonds is 2. The Balaban J connectivity index is 2.58. The fraction of sp³-hybridized carbons (Fsp3) is 0.429. The number of fused-ring (bicyclic) bond motifs is 1. The maximum atomic E-state index is 3.50. The molecule has 0 fully saturated rings. The van der Waals surface area contributed by atoms with E-state index in [0.717, 1.165) is 0 Å². The molecule has 16 heavy (non-hydrogen) atoms. The topological polar surface area (TPSA) is 12.0 Å². The Labute approximate surface area is 102 Å². The quantitative estimate of drug-likeness (QED) is 0.763. The Hall–Kier alpha value is -0.890. The van der Waals surface area contributed by atoms with Crippen LogP contribution in [-0.4, -0.2) is 0 Å². The van der Waals surface area contributed by atoms with Gasteiger partial charge < -0.3 is 4.72 Å². The standard InChI is InChI=1S/C14H19NS/c1-9(2)13-11-7-5-6-8-12(11)16-15-14(13)10(3)4/h5-10,15H,1-4H3. The molecule has 86 valence electrons. The maximum Gasteiger partial charge on any atom is 0.0360 e. The van der Waals surface area contributed by atoms with Gasteiger partial charge in [0, 0.05) is 10.6 Å². The Kier molecular flexibility index (Phi) is 3.29. The smallest absolute Gasteiger partial charge is 0.0360 e. The first-order valence-electron chi connectivity index (χ1n) is 5.87. The van der Waals surface area contributed by atoms with Gasteiger partial charge in [-0.1, -0.05) is 45.9 Å². The summed E-state index contributed by atoms with van der Waals surface area (Å²) in [6.07, 6.45) is 0. The van der Waals surface area contributed by atoms with Crippen molar-refractivity contribution in [1.29, 1.82) is 0 Å². The first kappa shape index (κ1) is 11.6. The molecule has 0 spiro atoms. The molecule has 1 aliphatic heterocycles. The third-order valence-electron chi connectivity index (χ3n) is 2.89. The summed E-state index contributed by atoms with van der Waals surface area (Å²) >= 11 is 1.74. The molecule has 0 saturated heterocycles. The predicted molar refractivity (Wildman–Crippen MR) is 72.0 cm³/mol. The Morgan fingerprint density at radius 3 is 2.31 bits per heavy atom. The Morgan fingerprint density at radius 2 is 1.69 bits per heavy atom. The summed E-state index contributed by atoms with van der Waals surface area (Å²) in [6, 6.07) is 8.66. The second kappa shape index (κ2) is 4.54. The summed E-state index contributed by atoms with van der Waals surface area (Å²) in [5.41, 5.74) is 4.27. The van der Waals surface area contributed by atoms with Crippen LogP contribution in [0, 0.1) is 11.8 Å². The second-order valence-corrected chi connectivity index (χ2v) is 5.69. The van der Waals surface area contributed by atoms with Gasteiger partial charge in [0.25, 0.3) is 0 Å². The van der Waals surface area contributed by atoms with Crippen LogP contribution >= 0.6 is 11.9 Å². The zero-order valence-corrected chi connectivity index (χ0v) is 11.2. The SMILES string of the molecule is CC(C)C1=C(C(C)C)c2ccccc2SN1. The van der Waals surface area contributed by atoms with Crippen molar-refractivity contribution in [2.75, 3.05) is 0 Å². The minimum absolute atomic E-state index is 0.554. The molecule has 1 nitrogen and oxygen atoms in total. The van der Waals surface area contributed by atoms with Crippen molar-refractivity contribution >= 4 is 17.5 Å². The van der Waals surface area contributed by atoms with Crippen LogP contribution in [0.1, 0.15) is 33.3 Å². The molecule has 0 atom stereocenters. The lowest BCUT2D eigenvalue weighted by Crippen LogP contribution is -2.19. The van der Waals surface area contributed by atoms with Crippen LogP contribution in [0.5, 0.6) is 0 Å². The van der Waals surface area contributed by atoms with Crippen LogP contribution in [0.4, 0.5) is 0 Å². The summed E-state index contributed by atoms with van der Waals surface area (Å²) < 4.78 is 3.50. The largest absolute Gasteiger partial charge is 0.329 e. The van der Waals surface area contributed by atoms with E-state index in [1.165, 1.54) is 21.7 Å². The number of nitrogens with one attached hydrogen (secondary N) is 1. The van der Waals surface area contributed by atoms with E-state index in [4.69, 9.17) is 0 Å². The van der Waals surface area contributed by atoms with Crippen molar-refractivity contribution in [1.82, 2.24) is 4.72 Å². The van der Waals surface area contributed by atoms with Gasteiger partial charge in [-0.3, -0.25) is 0 Å². The van der Waals surface area contributed by atoms with Gasteiger partial charge in [-0.15, -0.1) is 0 Å². The summed E-state index contributed by atoms with van der Waals surface area (Å²) in [7, 11) is 0. The summed E-state index contributed by atoms with van der Waals surface area (Å²) in [6.45, 7) is 9.04. The van der Waals surface area contributed by atoms with Crippen molar-refractivity contribution in [3.63, 3.8) is 0 Å². The Morgan fingerprint density at radius 1 is 1.00 bits per heavy atom. The number of hydrogen-bond acceptors (Lipinski definition) is 2. The van der Waals surface area contributed by atoms with Gasteiger partial charge in [-0.25, -0.2) is 0 Å². The van der Waals surface area contributed by atoms with Crippen LogP contribution in [-0.2, 0) is 0 Å². The fourth-order valence-electron chi connectivity index (χ4n) is 2.14. The molecule has 1 aromatic carbocycles. The van der Waals surface area contributed by atoms with E-state index >= 15 is 0 Å². The molecule has 1 heterocycles. The molecule has 1 aliphatic rings. The maximum absolute atomic E-state index is 3.50. The molecule has 0 saturated carbocycles. The molecule has 0 amide bonds. The van der Waals surface area contributed by atoms with Gasteiger partial charge in [-0.05, 0) is 41.0 Å². The molecule has 1 N–H and O–H groups in total. The van der Waals surface area contributed by atoms with E-state index in [1.54, 1.807) is 11.9 Å². The molecule has 0 aromatic heterocycles. The van der Waals surface area contributed by atoms with Crippen LogP contribution in [0.15, 0.2) is 34.9 Å². The van der Waals surface area contributed by atoms with Crippen LogP contribution in [0.25, 0.3) is 5.57 Å². The van der Waals surface area contributed by atoms with Crippen LogP contribution < -0.4 is 4.72 Å². The molecule has 0 bridgehead atoms. The van der Waals surface area contributed by atoms with E-state index in [-0.39, 0.29) is 0 Å². The van der Waals surface area contributed by atoms with Gasteiger partial charge in [0.05, 0.1) is 0 Å². The predicted octanol–water partition coefficient (Wildman–Crippen LogP) is 4.32. The van der Waals surface area contributed by atoms with Crippen LogP contribution in [0.2, 0.25) is 0 Å². The van der Waals surface area contributed by atoms with Crippen LogP contribution in [0.3, 0.4) is 0 Å². The third-order valence-corrected chi connectivity index (χ3v) is 3.79. The van der Waals surface area contributed by atoms with Crippen molar-refractivity contribution < 1.29 is 0 Å². The second-order valence-electron chi connectivity index (χ2n) is 4.84. The minimum Gasteiger partial charge on any atom is -0.329 e. The van der Waals surface area contributed by atoms with Gasteiger partial charge in [0.2, 0.25) is 0 Å². The number of hydrogen-bond donors (Lipinski definition) is 1. The third kappa shape index (κ3) is 1.99. The monoisotopic (exact) mass is 233 g/mol. The zero-order valence-electron chi connectivity index (χ0n) is 10.4. The highest BCUT2D eigenvalue weighted by Crippen LogP contribution is 2.39. The first-order valence-corrected chi connectivity index (χ1v) is 6.69. The number of allylic oxidation sites excluding steroid dienone is 2. The molecule has 1 aromatic rings. The van der Waals surface area contributed by atoms with E-state index in [9.17, 15) is 0 Å². The van der Waals surface area contributed by atoms with Gasteiger partial charge in [-0.2, -0.15) is 0 Å². The van der Waals surface area contributed by atoms with Gasteiger partial charge in [0.1, 0.15) is 0 Å². The van der Waals surface area contributed by atoms with E-state index < -0.39 is 0 Å². The average Bonchev–Trinajstić information content (AvgIpc) is 2.27. The minimum atomic E-state index is 0.554. The molecule has 2 heteroatoms. The van der Waals surface area contributed by atoms with Crippen molar-refractivity contribution in [2.45, 2.75) is 32.6 Å². The summed E-state index contributed by atoms with van der Waals surface area (Å²) in [5.74, 6) is 1.12. The molecular formula is C14H19NS. The normalized spacial score (nSPS) is 15.4. The fourth-order valence-corrected chi connectivity index (χ4v) is 3.14. The van der Waals surface area contributed by atoms with Crippen molar-refractivity contribution in [3.8, 4) is 0 Å². The lowest BCUT2D eigenvalue weighted by molar-refractivity contribution is 0.713. The molecular weight excluding hydrogens is 214 g/mol. The van der Waals surface area contributed by atoms with E-state index in [1.807, 2.05) is 0 Å². The lowest BCUT2D eigenvalue weighted by atomic mass is 9.90. The highest BCUT2D eigenvalue weighted by atomic mass is 32.2. The van der Waals surface area contributed by atoms with Gasteiger partial charge in [0.15, 0.2) is 0 Å². The average molecular weight is 233 g/mol. The molecule has 2 rings (SSSR count). The highest BCUT2D eigenvalue weighted by Gasteiger charge is 2.22. The Bertz CT molecular complexity index is 418. The van der Waals surface area contributed by atoms with E-state index in [2.05, 4.69) is 56.7 Å². The molecule has 0 aliphatic carbocycles. The van der Waals surface area contributed by atoms with Crippen molar-refractivity contribution in [3.05, 3.63) is 35.5 Å². The zero-order chi connectivity index (χ0) is 11.7. The molecule has 0 radical (unpaired) electrons. The van der Waals surface area contributed by atoms with Gasteiger partial charge >= 0.3 is 0 Å².